The Bertz CT molecular complexity index is 1600. The maximum Gasteiger partial charge on any atom is 0.265 e. The zero-order chi connectivity index (χ0) is 28.4. The number of nitrogens with one attached hydrogen (secondary N) is 1. The van der Waals surface area contributed by atoms with Gasteiger partial charge in [0, 0.05) is 25.3 Å². The highest BCUT2D eigenvalue weighted by atomic mass is 35.5. The van der Waals surface area contributed by atoms with Gasteiger partial charge in [0.25, 0.3) is 15.9 Å². The highest BCUT2D eigenvalue weighted by Crippen LogP contribution is 2.34. The lowest BCUT2D eigenvalue weighted by Gasteiger charge is -2.26. The van der Waals surface area contributed by atoms with Gasteiger partial charge in [0.15, 0.2) is 0 Å². The number of para-hydroxylation sites is 1. The van der Waals surface area contributed by atoms with Gasteiger partial charge in [-0.3, -0.25) is 9.10 Å². The number of benzene rings is 3. The number of hydrogen-bond donors (Lipinski definition) is 1. The standard InChI is InChI=1S/C25H24Cl3N3O6S2/c1-2-31(18-6-4-3-5-7-18)39(35,36)24-15-19(21(27)16-22(24)28)25(32)29-17-8-9-20(26)23(14-17)38(33,34)30-10-12-37-13-11-30/h3-9,14-16H,2,10-13H2,1H3,(H,29,32). The largest absolute Gasteiger partial charge is 0.379 e. The van der Waals surface area contributed by atoms with E-state index in [-0.39, 0.29) is 69.0 Å². The van der Waals surface area contributed by atoms with E-state index in [1.165, 1.54) is 28.6 Å². The Morgan fingerprint density at radius 3 is 2.21 bits per heavy atom. The molecule has 0 radical (unpaired) electrons. The van der Waals surface area contributed by atoms with Crippen LogP contribution in [0, 0.1) is 0 Å². The molecule has 0 bridgehead atoms. The number of sulfonamides is 2. The van der Waals surface area contributed by atoms with Gasteiger partial charge >= 0.3 is 0 Å². The van der Waals surface area contributed by atoms with E-state index in [2.05, 4.69) is 5.32 Å². The number of halogens is 3. The maximum atomic E-state index is 13.5. The van der Waals surface area contributed by atoms with Gasteiger partial charge in [-0.25, -0.2) is 16.8 Å². The summed E-state index contributed by atoms with van der Waals surface area (Å²) in [4.78, 5) is 12.7. The molecule has 1 N–H and O–H groups in total. The van der Waals surface area contributed by atoms with Crippen molar-refractivity contribution in [2.24, 2.45) is 0 Å². The molecule has 0 saturated carbocycles. The van der Waals surface area contributed by atoms with E-state index < -0.39 is 26.0 Å². The van der Waals surface area contributed by atoms with Gasteiger partial charge in [-0.2, -0.15) is 4.31 Å². The first-order chi connectivity index (χ1) is 18.5. The molecule has 0 spiro atoms. The minimum atomic E-state index is -4.17. The van der Waals surface area contributed by atoms with Crippen LogP contribution in [0.25, 0.3) is 0 Å². The third-order valence-corrected chi connectivity index (χ3v) is 11.0. The summed E-state index contributed by atoms with van der Waals surface area (Å²) in [6, 6.07) is 14.7. The highest BCUT2D eigenvalue weighted by Gasteiger charge is 2.30. The molecule has 0 atom stereocenters. The molecule has 9 nitrogen and oxygen atoms in total. The van der Waals surface area contributed by atoms with E-state index in [1.54, 1.807) is 37.3 Å². The molecule has 1 heterocycles. The molecule has 3 aromatic carbocycles. The van der Waals surface area contributed by atoms with Gasteiger partial charge in [-0.05, 0) is 49.4 Å². The van der Waals surface area contributed by atoms with Gasteiger partial charge in [-0.1, -0.05) is 53.0 Å². The molecular weight excluding hydrogens is 609 g/mol. The first kappa shape index (κ1) is 29.6. The Labute approximate surface area is 242 Å². The van der Waals surface area contributed by atoms with Crippen molar-refractivity contribution in [3.8, 4) is 0 Å². The second-order valence-electron chi connectivity index (χ2n) is 8.38. The number of nitrogens with zero attached hydrogens (tertiary/aromatic N) is 2. The Kier molecular flexibility index (Phi) is 9.12. The van der Waals surface area contributed by atoms with Crippen LogP contribution in [0.1, 0.15) is 17.3 Å². The fraction of sp³-hybridized carbons (Fsp3) is 0.240. The number of amides is 1. The van der Waals surface area contributed by atoms with Crippen LogP contribution in [0.2, 0.25) is 15.1 Å². The lowest BCUT2D eigenvalue weighted by atomic mass is 10.2. The molecule has 1 saturated heterocycles. The van der Waals surface area contributed by atoms with Crippen LogP contribution < -0.4 is 9.62 Å². The van der Waals surface area contributed by atoms with Crippen LogP contribution in [0.3, 0.4) is 0 Å². The second-order valence-corrected chi connectivity index (χ2v) is 13.3. The number of ether oxygens (including phenoxy) is 1. The molecule has 1 aliphatic heterocycles. The normalized spacial score (nSPS) is 14.7. The smallest absolute Gasteiger partial charge is 0.265 e. The summed E-state index contributed by atoms with van der Waals surface area (Å²) in [5.74, 6) is -0.770. The first-order valence-electron chi connectivity index (χ1n) is 11.7. The van der Waals surface area contributed by atoms with Crippen molar-refractivity contribution in [3.63, 3.8) is 0 Å². The van der Waals surface area contributed by atoms with Crippen LogP contribution in [0.4, 0.5) is 11.4 Å². The van der Waals surface area contributed by atoms with E-state index in [9.17, 15) is 21.6 Å². The van der Waals surface area contributed by atoms with Gasteiger partial charge in [0.05, 0.1) is 39.5 Å². The maximum absolute atomic E-state index is 13.5. The molecule has 1 amide bonds. The Morgan fingerprint density at radius 2 is 1.56 bits per heavy atom. The van der Waals surface area contributed by atoms with Gasteiger partial charge in [0.1, 0.15) is 9.79 Å². The highest BCUT2D eigenvalue weighted by molar-refractivity contribution is 7.93. The van der Waals surface area contributed by atoms with Crippen LogP contribution >= 0.6 is 34.8 Å². The van der Waals surface area contributed by atoms with Gasteiger partial charge in [0.2, 0.25) is 10.0 Å². The minimum Gasteiger partial charge on any atom is -0.379 e. The van der Waals surface area contributed by atoms with Gasteiger partial charge < -0.3 is 10.1 Å². The molecular formula is C25H24Cl3N3O6S2. The van der Waals surface area contributed by atoms with Crippen molar-refractivity contribution < 1.29 is 26.4 Å². The molecule has 1 aliphatic rings. The van der Waals surface area contributed by atoms with Crippen molar-refractivity contribution in [1.29, 1.82) is 0 Å². The van der Waals surface area contributed by atoms with E-state index in [0.717, 1.165) is 10.4 Å². The molecule has 0 aliphatic carbocycles. The number of morpholine rings is 1. The van der Waals surface area contributed by atoms with Crippen molar-refractivity contribution in [3.05, 3.63) is 81.3 Å². The Morgan fingerprint density at radius 1 is 0.897 bits per heavy atom. The molecule has 39 heavy (non-hydrogen) atoms. The SMILES string of the molecule is CCN(c1ccccc1)S(=O)(=O)c1cc(C(=O)Nc2ccc(Cl)c(S(=O)(=O)N3CCOCC3)c2)c(Cl)cc1Cl. The predicted molar refractivity (Wildman–Crippen MR) is 152 cm³/mol. The molecule has 0 aromatic heterocycles. The zero-order valence-electron chi connectivity index (χ0n) is 20.6. The van der Waals surface area contributed by atoms with Gasteiger partial charge in [-0.15, -0.1) is 0 Å². The van der Waals surface area contributed by atoms with E-state index in [1.807, 2.05) is 0 Å². The summed E-state index contributed by atoms with van der Waals surface area (Å²) in [6.07, 6.45) is 0. The Balaban J connectivity index is 1.67. The van der Waals surface area contributed by atoms with Crippen LogP contribution in [-0.2, 0) is 24.8 Å². The number of hydrogen-bond acceptors (Lipinski definition) is 6. The predicted octanol–water partition coefficient (Wildman–Crippen LogP) is 5.14. The zero-order valence-corrected chi connectivity index (χ0v) is 24.5. The summed E-state index contributed by atoms with van der Waals surface area (Å²) in [6.45, 7) is 2.64. The summed E-state index contributed by atoms with van der Waals surface area (Å²) < 4.78 is 61.0. The van der Waals surface area contributed by atoms with E-state index in [0.29, 0.717) is 5.69 Å². The van der Waals surface area contributed by atoms with Crippen molar-refractivity contribution in [2.75, 3.05) is 42.5 Å². The third-order valence-electron chi connectivity index (χ3n) is 5.94. The van der Waals surface area contributed by atoms with Crippen LogP contribution in [0.5, 0.6) is 0 Å². The molecule has 208 valence electrons. The molecule has 1 fully saturated rings. The fourth-order valence-corrected chi connectivity index (χ4v) is 8.23. The molecule has 14 heteroatoms. The summed E-state index contributed by atoms with van der Waals surface area (Å²) >= 11 is 18.8. The lowest BCUT2D eigenvalue weighted by Crippen LogP contribution is -2.40. The average molecular weight is 633 g/mol. The monoisotopic (exact) mass is 631 g/mol. The lowest BCUT2D eigenvalue weighted by molar-refractivity contribution is 0.0730. The second kappa shape index (κ2) is 12.0. The third kappa shape index (κ3) is 6.19. The van der Waals surface area contributed by atoms with Crippen molar-refractivity contribution in [1.82, 2.24) is 4.31 Å². The summed E-state index contributed by atoms with van der Waals surface area (Å²) in [5.41, 5.74) is 0.370. The minimum absolute atomic E-state index is 0.0158. The van der Waals surface area contributed by atoms with E-state index in [4.69, 9.17) is 39.5 Å². The number of anilines is 2. The summed E-state index contributed by atoms with van der Waals surface area (Å²) in [5, 5.41) is 2.31. The molecule has 4 rings (SSSR count). The quantitative estimate of drug-likeness (QED) is 0.368. The van der Waals surface area contributed by atoms with Crippen LogP contribution in [-0.4, -0.2) is 59.9 Å². The molecule has 0 unspecified atom stereocenters. The molecule has 3 aromatic rings. The fourth-order valence-electron chi connectivity index (χ4n) is 4.01. The van der Waals surface area contributed by atoms with Crippen molar-refractivity contribution >= 4 is 72.1 Å². The average Bonchev–Trinajstić information content (AvgIpc) is 2.91. The van der Waals surface area contributed by atoms with Crippen LogP contribution in [0.15, 0.2) is 70.5 Å². The first-order valence-corrected chi connectivity index (χ1v) is 15.7. The number of carbonyl (C=O) groups excluding carboxylic acids is 1. The number of carbonyl (C=O) groups is 1. The van der Waals surface area contributed by atoms with E-state index >= 15 is 0 Å². The van der Waals surface area contributed by atoms with Crippen molar-refractivity contribution in [2.45, 2.75) is 16.7 Å². The number of rotatable bonds is 8. The topological polar surface area (TPSA) is 113 Å². The Hall–Kier alpha value is -2.38. The summed E-state index contributed by atoms with van der Waals surface area (Å²) in [7, 11) is -8.13.